The van der Waals surface area contributed by atoms with Crippen LogP contribution in [0.25, 0.3) is 6.08 Å². The molecule has 0 spiro atoms. The maximum Gasteiger partial charge on any atom is 0.209 e. The molecule has 1 atom stereocenters. The molecule has 1 heterocycles. The van der Waals surface area contributed by atoms with Crippen molar-refractivity contribution in [2.24, 2.45) is 11.8 Å². The Bertz CT molecular complexity index is 838. The van der Waals surface area contributed by atoms with Crippen molar-refractivity contribution in [2.45, 2.75) is 58.5 Å². The SMILES string of the molecule is CC(C)CN1Cc2c(ccc3c2CCCC3NS(C)(=O)=O)C=C1C1CC1. The molecule has 3 aliphatic rings. The van der Waals surface area contributed by atoms with Gasteiger partial charge in [0.25, 0.3) is 0 Å². The van der Waals surface area contributed by atoms with Gasteiger partial charge in [0.15, 0.2) is 0 Å². The fourth-order valence-corrected chi connectivity index (χ4v) is 5.35. The minimum absolute atomic E-state index is 0.0774. The van der Waals surface area contributed by atoms with Crippen LogP contribution in [0.3, 0.4) is 0 Å². The lowest BCUT2D eigenvalue weighted by molar-refractivity contribution is 0.280. The summed E-state index contributed by atoms with van der Waals surface area (Å²) >= 11 is 0. The molecule has 1 N–H and O–H groups in total. The Morgan fingerprint density at radius 1 is 1.19 bits per heavy atom. The standard InChI is InChI=1S/C21H30N2O2S/c1-14(2)12-23-13-19-16(11-21(23)15-7-8-15)9-10-18-17(19)5-4-6-20(18)22-26(3,24)25/h9-11,14-15,20,22H,4-8,12-13H2,1-3H3. The van der Waals surface area contributed by atoms with E-state index in [2.05, 4.69) is 41.7 Å². The summed E-state index contributed by atoms with van der Waals surface area (Å²) in [7, 11) is -3.20. The van der Waals surface area contributed by atoms with Gasteiger partial charge >= 0.3 is 0 Å². The molecule has 1 unspecified atom stereocenters. The third-order valence-electron chi connectivity index (χ3n) is 5.75. The van der Waals surface area contributed by atoms with Crippen LogP contribution in [0.4, 0.5) is 0 Å². The van der Waals surface area contributed by atoms with Crippen molar-refractivity contribution in [2.75, 3.05) is 12.8 Å². The van der Waals surface area contributed by atoms with Crippen LogP contribution in [0.15, 0.2) is 17.8 Å². The average molecular weight is 375 g/mol. The molecule has 1 aromatic rings. The zero-order valence-electron chi connectivity index (χ0n) is 16.1. The number of nitrogens with zero attached hydrogens (tertiary/aromatic N) is 1. The van der Waals surface area contributed by atoms with Crippen molar-refractivity contribution in [3.63, 3.8) is 0 Å². The van der Waals surface area contributed by atoms with Crippen molar-refractivity contribution in [1.82, 2.24) is 9.62 Å². The van der Waals surface area contributed by atoms with Gasteiger partial charge in [0.05, 0.1) is 6.26 Å². The zero-order valence-corrected chi connectivity index (χ0v) is 16.9. The summed E-state index contributed by atoms with van der Waals surface area (Å²) in [5.74, 6) is 1.38. The van der Waals surface area contributed by atoms with E-state index < -0.39 is 10.0 Å². The van der Waals surface area contributed by atoms with Gasteiger partial charge < -0.3 is 4.90 Å². The molecule has 2 aliphatic carbocycles. The van der Waals surface area contributed by atoms with Gasteiger partial charge in [-0.05, 0) is 72.3 Å². The number of benzene rings is 1. The highest BCUT2D eigenvalue weighted by atomic mass is 32.2. The van der Waals surface area contributed by atoms with Crippen LogP contribution >= 0.6 is 0 Å². The number of nitrogens with one attached hydrogen (secondary N) is 1. The number of hydrogen-bond acceptors (Lipinski definition) is 3. The van der Waals surface area contributed by atoms with Gasteiger partial charge in [0, 0.05) is 24.8 Å². The van der Waals surface area contributed by atoms with E-state index in [0.717, 1.165) is 38.3 Å². The fourth-order valence-electron chi connectivity index (χ4n) is 4.59. The monoisotopic (exact) mass is 374 g/mol. The van der Waals surface area contributed by atoms with Crippen LogP contribution in [0.5, 0.6) is 0 Å². The molecule has 0 aromatic heterocycles. The lowest BCUT2D eigenvalue weighted by Gasteiger charge is -2.37. The Morgan fingerprint density at radius 2 is 1.96 bits per heavy atom. The smallest absolute Gasteiger partial charge is 0.209 e. The van der Waals surface area contributed by atoms with Crippen molar-refractivity contribution < 1.29 is 8.42 Å². The van der Waals surface area contributed by atoms with Crippen LogP contribution < -0.4 is 4.72 Å². The van der Waals surface area contributed by atoms with Crippen molar-refractivity contribution in [3.05, 3.63) is 40.1 Å². The molecule has 0 bridgehead atoms. The number of sulfonamides is 1. The van der Waals surface area contributed by atoms with Crippen molar-refractivity contribution >= 4 is 16.1 Å². The quantitative estimate of drug-likeness (QED) is 0.852. The van der Waals surface area contributed by atoms with E-state index >= 15 is 0 Å². The lowest BCUT2D eigenvalue weighted by atomic mass is 9.82. The van der Waals surface area contributed by atoms with Crippen LogP contribution in [-0.4, -0.2) is 26.1 Å². The molecule has 5 heteroatoms. The summed E-state index contributed by atoms with van der Waals surface area (Å²) in [6.07, 6.45) is 9.30. The van der Waals surface area contributed by atoms with E-state index in [0.29, 0.717) is 5.92 Å². The second-order valence-corrected chi connectivity index (χ2v) is 10.4. The van der Waals surface area contributed by atoms with E-state index in [9.17, 15) is 8.42 Å². The van der Waals surface area contributed by atoms with Gasteiger partial charge in [0.1, 0.15) is 0 Å². The second-order valence-electron chi connectivity index (χ2n) is 8.65. The predicted molar refractivity (Wildman–Crippen MR) is 106 cm³/mol. The first kappa shape index (κ1) is 18.1. The predicted octanol–water partition coefficient (Wildman–Crippen LogP) is 3.84. The summed E-state index contributed by atoms with van der Waals surface area (Å²) < 4.78 is 26.4. The summed E-state index contributed by atoms with van der Waals surface area (Å²) in [5, 5.41) is 0. The van der Waals surface area contributed by atoms with Gasteiger partial charge in [-0.1, -0.05) is 26.0 Å². The molecule has 0 radical (unpaired) electrons. The second kappa shape index (κ2) is 6.68. The van der Waals surface area contributed by atoms with Crippen LogP contribution in [0, 0.1) is 11.8 Å². The molecule has 1 aromatic carbocycles. The third-order valence-corrected chi connectivity index (χ3v) is 6.47. The van der Waals surface area contributed by atoms with Gasteiger partial charge in [-0.25, -0.2) is 13.1 Å². The Kier molecular flexibility index (Phi) is 4.64. The van der Waals surface area contributed by atoms with E-state index in [4.69, 9.17) is 0 Å². The van der Waals surface area contributed by atoms with E-state index in [1.807, 2.05) is 0 Å². The average Bonchev–Trinajstić information content (AvgIpc) is 3.37. The molecule has 1 aliphatic heterocycles. The number of allylic oxidation sites excluding steroid dienone is 1. The van der Waals surface area contributed by atoms with Gasteiger partial charge in [-0.2, -0.15) is 0 Å². The minimum atomic E-state index is -3.20. The van der Waals surface area contributed by atoms with Crippen molar-refractivity contribution in [1.29, 1.82) is 0 Å². The topological polar surface area (TPSA) is 49.4 Å². The number of rotatable bonds is 5. The summed E-state index contributed by atoms with van der Waals surface area (Å²) in [4.78, 5) is 2.58. The minimum Gasteiger partial charge on any atom is -0.370 e. The number of fused-ring (bicyclic) bond motifs is 3. The lowest BCUT2D eigenvalue weighted by Crippen LogP contribution is -2.33. The molecule has 26 heavy (non-hydrogen) atoms. The molecule has 1 fully saturated rings. The maximum absolute atomic E-state index is 11.8. The normalized spacial score (nSPS) is 22.8. The van der Waals surface area contributed by atoms with Crippen LogP contribution in [0.1, 0.15) is 67.8 Å². The molecule has 0 saturated heterocycles. The Hall–Kier alpha value is -1.33. The molecular weight excluding hydrogens is 344 g/mol. The highest BCUT2D eigenvalue weighted by molar-refractivity contribution is 7.88. The van der Waals surface area contributed by atoms with Crippen LogP contribution in [-0.2, 0) is 23.0 Å². The molecule has 1 saturated carbocycles. The van der Waals surface area contributed by atoms with E-state index in [-0.39, 0.29) is 6.04 Å². The molecule has 142 valence electrons. The first-order chi connectivity index (χ1) is 12.3. The summed E-state index contributed by atoms with van der Waals surface area (Å²) in [6.45, 7) is 6.64. The van der Waals surface area contributed by atoms with Gasteiger partial charge in [-0.15, -0.1) is 0 Å². The summed E-state index contributed by atoms with van der Waals surface area (Å²) in [6, 6.07) is 4.30. The first-order valence-corrected chi connectivity index (χ1v) is 11.8. The van der Waals surface area contributed by atoms with Crippen molar-refractivity contribution in [3.8, 4) is 0 Å². The largest absolute Gasteiger partial charge is 0.370 e. The zero-order chi connectivity index (χ0) is 18.5. The van der Waals surface area contributed by atoms with E-state index in [1.165, 1.54) is 47.0 Å². The van der Waals surface area contributed by atoms with Crippen LogP contribution in [0.2, 0.25) is 0 Å². The molecular formula is C21H30N2O2S. The maximum atomic E-state index is 11.8. The summed E-state index contributed by atoms with van der Waals surface area (Å²) in [5.41, 5.74) is 6.87. The third kappa shape index (κ3) is 3.70. The Labute approximate surface area is 157 Å². The fraction of sp³-hybridized carbons (Fsp3) is 0.619. The highest BCUT2D eigenvalue weighted by Gasteiger charge is 2.34. The molecule has 4 rings (SSSR count). The van der Waals surface area contributed by atoms with E-state index in [1.54, 1.807) is 0 Å². The highest BCUT2D eigenvalue weighted by Crippen LogP contribution is 2.44. The Morgan fingerprint density at radius 3 is 2.62 bits per heavy atom. The van der Waals surface area contributed by atoms with Gasteiger partial charge in [0.2, 0.25) is 10.0 Å². The van der Waals surface area contributed by atoms with Gasteiger partial charge in [-0.3, -0.25) is 0 Å². The Balaban J connectivity index is 1.72. The first-order valence-electron chi connectivity index (χ1n) is 9.90. The molecule has 0 amide bonds. The molecule has 4 nitrogen and oxygen atoms in total. The number of hydrogen-bond donors (Lipinski definition) is 1.